The molecular formula is C50H98O23. The summed E-state index contributed by atoms with van der Waals surface area (Å²) in [4.78, 5) is 11.4. The van der Waals surface area contributed by atoms with Gasteiger partial charge < -0.3 is 104 Å². The van der Waals surface area contributed by atoms with Crippen LogP contribution in [0, 0.1) is 0 Å². The third-order valence-electron chi connectivity index (χ3n) is 9.04. The first-order chi connectivity index (χ1) is 36.2. The Labute approximate surface area is 437 Å². The topological polar surface area (TPSA) is 220 Å². The molecule has 436 valence electrons. The normalized spacial score (nSPS) is 11.6. The molecule has 0 radical (unpaired) electrons. The summed E-state index contributed by atoms with van der Waals surface area (Å²) < 4.78 is 120. The number of Topliss-reactive ketones (excluding diaryl/α,β-unsaturated/α-hetero) is 1. The lowest BCUT2D eigenvalue weighted by Gasteiger charge is -2.09. The van der Waals surface area contributed by atoms with E-state index in [4.69, 9.17) is 104 Å². The summed E-state index contributed by atoms with van der Waals surface area (Å²) in [6.07, 6.45) is 1.16. The lowest BCUT2D eigenvalue weighted by molar-refractivity contribution is -0.115. The lowest BCUT2D eigenvalue weighted by atomic mass is 10.1. The minimum atomic E-state index is 0.0819. The first kappa shape index (κ1) is 71.5. The molecule has 0 bridgehead atoms. The summed E-state index contributed by atoms with van der Waals surface area (Å²) in [5.74, 6) is 0.0819. The van der Waals surface area contributed by atoms with Crippen LogP contribution in [0.5, 0.6) is 0 Å². The van der Waals surface area contributed by atoms with Crippen LogP contribution in [0.2, 0.25) is 0 Å². The standard InChI is InChI=1S/C50H98O23/c1-49(2)50(51)5-4-6-53-9-10-55-13-14-57-17-18-59-21-22-61-25-26-63-29-30-65-33-34-67-37-38-69-41-42-71-45-46-73-48-47-72-44-43-70-40-39-68-36-35-66-32-31-64-28-27-62-24-23-60-20-19-58-16-15-56-12-11-54-8-7-52-3/h1,4-48H2,2-3H3. The second-order valence-electron chi connectivity index (χ2n) is 15.2. The van der Waals surface area contributed by atoms with Crippen LogP contribution < -0.4 is 0 Å². The number of ether oxygens (including phenoxy) is 22. The molecule has 0 saturated heterocycles. The Morgan fingerprint density at radius 2 is 0.356 bits per heavy atom. The second-order valence-corrected chi connectivity index (χ2v) is 15.2. The second kappa shape index (κ2) is 66.6. The number of carbonyl (C=O) groups excluding carboxylic acids is 1. The Balaban J connectivity index is 3.08. The maximum absolute atomic E-state index is 11.4. The third kappa shape index (κ3) is 66.6. The van der Waals surface area contributed by atoms with Gasteiger partial charge in [-0.3, -0.25) is 4.79 Å². The molecule has 0 aromatic rings. The van der Waals surface area contributed by atoms with Gasteiger partial charge in [-0.15, -0.1) is 0 Å². The molecule has 0 amide bonds. The average Bonchev–Trinajstić information content (AvgIpc) is 3.39. The number of hydrogen-bond donors (Lipinski definition) is 0. The van der Waals surface area contributed by atoms with Crippen LogP contribution in [-0.4, -0.2) is 297 Å². The van der Waals surface area contributed by atoms with Crippen LogP contribution >= 0.6 is 0 Å². The number of rotatable bonds is 68. The van der Waals surface area contributed by atoms with E-state index in [0.717, 1.165) is 0 Å². The molecule has 0 aromatic carbocycles. The van der Waals surface area contributed by atoms with E-state index < -0.39 is 0 Å². The molecule has 0 heterocycles. The van der Waals surface area contributed by atoms with Gasteiger partial charge in [-0.1, -0.05) is 6.58 Å². The number of allylic oxidation sites excluding steroid dienone is 1. The molecule has 0 fully saturated rings. The van der Waals surface area contributed by atoms with Crippen molar-refractivity contribution in [1.29, 1.82) is 0 Å². The molecule has 0 aliphatic carbocycles. The molecule has 0 saturated carbocycles. The zero-order chi connectivity index (χ0) is 52.5. The van der Waals surface area contributed by atoms with E-state index in [1.54, 1.807) is 14.0 Å². The molecule has 0 rings (SSSR count). The van der Waals surface area contributed by atoms with E-state index in [1.807, 2.05) is 0 Å². The molecule has 0 atom stereocenters. The molecular weight excluding hydrogens is 969 g/mol. The Morgan fingerprint density at radius 1 is 0.233 bits per heavy atom. The summed E-state index contributed by atoms with van der Waals surface area (Å²) in [5, 5.41) is 0. The van der Waals surface area contributed by atoms with E-state index in [9.17, 15) is 4.79 Å². The van der Waals surface area contributed by atoms with Gasteiger partial charge in [0.1, 0.15) is 0 Å². The van der Waals surface area contributed by atoms with Crippen LogP contribution in [0.15, 0.2) is 12.2 Å². The largest absolute Gasteiger partial charge is 0.382 e. The maximum Gasteiger partial charge on any atom is 0.158 e. The first-order valence-corrected chi connectivity index (χ1v) is 26.0. The molecule has 0 aliphatic heterocycles. The zero-order valence-electron chi connectivity index (χ0n) is 44.9. The van der Waals surface area contributed by atoms with Gasteiger partial charge in [0.05, 0.1) is 277 Å². The monoisotopic (exact) mass is 1070 g/mol. The number of ketones is 1. The fourth-order valence-corrected chi connectivity index (χ4v) is 5.19. The number of hydrogen-bond acceptors (Lipinski definition) is 23. The quantitative estimate of drug-likeness (QED) is 0.0627. The van der Waals surface area contributed by atoms with Gasteiger partial charge in [-0.25, -0.2) is 0 Å². The molecule has 0 spiro atoms. The molecule has 73 heavy (non-hydrogen) atoms. The van der Waals surface area contributed by atoms with Crippen LogP contribution in [-0.2, 0) is 109 Å². The highest BCUT2D eigenvalue weighted by Gasteiger charge is 2.03. The van der Waals surface area contributed by atoms with Gasteiger partial charge in [0.25, 0.3) is 0 Å². The Morgan fingerprint density at radius 3 is 0.479 bits per heavy atom. The van der Waals surface area contributed by atoms with Crippen LogP contribution in [0.25, 0.3) is 0 Å². The highest BCUT2D eigenvalue weighted by Crippen LogP contribution is 1.99. The van der Waals surface area contributed by atoms with Gasteiger partial charge in [0.2, 0.25) is 0 Å². The summed E-state index contributed by atoms with van der Waals surface area (Å²) >= 11 is 0. The van der Waals surface area contributed by atoms with Crippen molar-refractivity contribution in [2.45, 2.75) is 19.8 Å². The van der Waals surface area contributed by atoms with Crippen molar-refractivity contribution in [3.63, 3.8) is 0 Å². The van der Waals surface area contributed by atoms with Crippen molar-refractivity contribution >= 4 is 5.78 Å². The molecule has 0 unspecified atom stereocenters. The highest BCUT2D eigenvalue weighted by atomic mass is 16.6. The van der Waals surface area contributed by atoms with Gasteiger partial charge in [-0.2, -0.15) is 0 Å². The predicted molar refractivity (Wildman–Crippen MR) is 268 cm³/mol. The minimum absolute atomic E-state index is 0.0819. The third-order valence-corrected chi connectivity index (χ3v) is 9.04. The van der Waals surface area contributed by atoms with Gasteiger partial charge >= 0.3 is 0 Å². The highest BCUT2D eigenvalue weighted by molar-refractivity contribution is 5.93. The molecule has 0 aromatic heterocycles. The van der Waals surface area contributed by atoms with Crippen LogP contribution in [0.3, 0.4) is 0 Å². The van der Waals surface area contributed by atoms with Gasteiger partial charge in [0.15, 0.2) is 5.78 Å². The fourth-order valence-electron chi connectivity index (χ4n) is 5.19. The smallest absolute Gasteiger partial charge is 0.158 e. The summed E-state index contributed by atoms with van der Waals surface area (Å²) in [5.41, 5.74) is 0.587. The van der Waals surface area contributed by atoms with Crippen molar-refractivity contribution < 1.29 is 109 Å². The Bertz CT molecular complexity index is 1050. The molecule has 23 nitrogen and oxygen atoms in total. The number of methoxy groups -OCH3 is 1. The predicted octanol–water partition coefficient (Wildman–Crippen LogP) is 1.91. The lowest BCUT2D eigenvalue weighted by Crippen LogP contribution is -2.16. The van der Waals surface area contributed by atoms with Crippen molar-refractivity contribution in [2.24, 2.45) is 0 Å². The minimum Gasteiger partial charge on any atom is -0.382 e. The average molecular weight is 1070 g/mol. The van der Waals surface area contributed by atoms with E-state index in [0.29, 0.717) is 303 Å². The van der Waals surface area contributed by atoms with Crippen LogP contribution in [0.4, 0.5) is 0 Å². The molecule has 0 N–H and O–H groups in total. The van der Waals surface area contributed by atoms with Crippen molar-refractivity contribution in [3.8, 4) is 0 Å². The summed E-state index contributed by atoms with van der Waals surface area (Å²) in [7, 11) is 1.64. The van der Waals surface area contributed by atoms with Crippen molar-refractivity contribution in [2.75, 3.05) is 291 Å². The number of carbonyl (C=O) groups is 1. The van der Waals surface area contributed by atoms with Crippen molar-refractivity contribution in [1.82, 2.24) is 0 Å². The van der Waals surface area contributed by atoms with Gasteiger partial charge in [0, 0.05) is 20.1 Å². The zero-order valence-corrected chi connectivity index (χ0v) is 44.9. The van der Waals surface area contributed by atoms with E-state index in [2.05, 4.69) is 6.58 Å². The Kier molecular flexibility index (Phi) is 65.3. The van der Waals surface area contributed by atoms with Crippen LogP contribution in [0.1, 0.15) is 19.8 Å². The Hall–Kier alpha value is -1.47. The summed E-state index contributed by atoms with van der Waals surface area (Å²) in [6, 6.07) is 0. The molecule has 23 heteroatoms. The SMILES string of the molecule is C=C(C)C(=O)CCCOCCOCCOCCOCCOCCOCCOCCOCCOCCOCCOCCOCCOCCOCCOCCOCCOCCOCCOCCOCCOCCOC. The van der Waals surface area contributed by atoms with Gasteiger partial charge in [-0.05, 0) is 18.9 Å². The molecule has 0 aliphatic rings. The van der Waals surface area contributed by atoms with Crippen molar-refractivity contribution in [3.05, 3.63) is 12.2 Å². The summed E-state index contributed by atoms with van der Waals surface area (Å²) in [6.45, 7) is 26.9. The fraction of sp³-hybridized carbons (Fsp3) is 0.940. The van der Waals surface area contributed by atoms with E-state index >= 15 is 0 Å². The van der Waals surface area contributed by atoms with E-state index in [1.165, 1.54) is 0 Å². The maximum atomic E-state index is 11.4. The van der Waals surface area contributed by atoms with E-state index in [-0.39, 0.29) is 5.78 Å². The first-order valence-electron chi connectivity index (χ1n) is 26.0.